The van der Waals surface area contributed by atoms with Gasteiger partial charge in [0.2, 0.25) is 0 Å². The quantitative estimate of drug-likeness (QED) is 0.607. The number of ether oxygens (including phenoxy) is 2. The van der Waals surface area contributed by atoms with Crippen molar-refractivity contribution in [2.45, 2.75) is 20.5 Å². The minimum atomic E-state index is -0.785. The molecule has 0 bridgehead atoms. The van der Waals surface area contributed by atoms with Crippen molar-refractivity contribution in [2.24, 2.45) is 4.99 Å². The lowest BCUT2D eigenvalue weighted by Gasteiger charge is -2.04. The van der Waals surface area contributed by atoms with Crippen LogP contribution in [0.4, 0.5) is 4.79 Å². The van der Waals surface area contributed by atoms with Crippen LogP contribution in [0, 0.1) is 0 Å². The summed E-state index contributed by atoms with van der Waals surface area (Å²) in [4.78, 5) is 26.0. The monoisotopic (exact) mass is 249 g/mol. The van der Waals surface area contributed by atoms with E-state index in [0.29, 0.717) is 0 Å². The molecule has 1 aromatic carbocycles. The van der Waals surface area contributed by atoms with E-state index < -0.39 is 12.1 Å². The summed E-state index contributed by atoms with van der Waals surface area (Å²) in [6.07, 6.45) is -0.785. The van der Waals surface area contributed by atoms with Crippen molar-refractivity contribution >= 4 is 17.8 Å². The van der Waals surface area contributed by atoms with Crippen molar-refractivity contribution in [2.75, 3.05) is 6.61 Å². The Balaban J connectivity index is 2.48. The second-order valence-electron chi connectivity index (χ2n) is 3.46. The molecule has 0 aromatic heterocycles. The minimum absolute atomic E-state index is 0.0237. The van der Waals surface area contributed by atoms with Gasteiger partial charge in [-0.15, -0.1) is 0 Å². The summed E-state index contributed by atoms with van der Waals surface area (Å²) in [5, 5.41) is 0. The first-order valence-corrected chi connectivity index (χ1v) is 5.56. The normalized spacial score (nSPS) is 10.9. The Kier molecular flexibility index (Phi) is 5.57. The van der Waals surface area contributed by atoms with Gasteiger partial charge >= 0.3 is 12.1 Å². The third-order valence-electron chi connectivity index (χ3n) is 2.03. The van der Waals surface area contributed by atoms with Crippen LogP contribution in [0.25, 0.3) is 0 Å². The highest BCUT2D eigenvalue weighted by Gasteiger charge is 2.10. The fourth-order valence-electron chi connectivity index (χ4n) is 1.17. The number of hydrogen-bond donors (Lipinski definition) is 0. The van der Waals surface area contributed by atoms with Gasteiger partial charge in [-0.1, -0.05) is 30.3 Å². The van der Waals surface area contributed by atoms with Crippen LogP contribution in [0.15, 0.2) is 35.3 Å². The molecule has 0 unspecified atom stereocenters. The highest BCUT2D eigenvalue weighted by atomic mass is 16.5. The Labute approximate surface area is 105 Å². The van der Waals surface area contributed by atoms with Crippen LogP contribution in [0.3, 0.4) is 0 Å². The van der Waals surface area contributed by atoms with Gasteiger partial charge in [-0.05, 0) is 19.4 Å². The average molecular weight is 249 g/mol. The molecule has 0 fully saturated rings. The first-order chi connectivity index (χ1) is 8.63. The molecule has 0 aliphatic rings. The van der Waals surface area contributed by atoms with Gasteiger partial charge < -0.3 is 9.47 Å². The van der Waals surface area contributed by atoms with Gasteiger partial charge in [-0.3, -0.25) is 0 Å². The van der Waals surface area contributed by atoms with Crippen molar-refractivity contribution in [3.05, 3.63) is 35.9 Å². The molecule has 0 atom stereocenters. The summed E-state index contributed by atoms with van der Waals surface area (Å²) in [5.41, 5.74) is 0.846. The molecule has 1 amide bonds. The maximum Gasteiger partial charge on any atom is 0.434 e. The zero-order valence-corrected chi connectivity index (χ0v) is 10.4. The van der Waals surface area contributed by atoms with Crippen LogP contribution in [0.2, 0.25) is 0 Å². The van der Waals surface area contributed by atoms with Crippen molar-refractivity contribution in [1.29, 1.82) is 0 Å². The zero-order valence-electron chi connectivity index (χ0n) is 10.4. The molecule has 0 spiro atoms. The number of benzene rings is 1. The minimum Gasteiger partial charge on any atom is -0.456 e. The predicted molar refractivity (Wildman–Crippen MR) is 66.4 cm³/mol. The van der Waals surface area contributed by atoms with Crippen LogP contribution < -0.4 is 0 Å². The van der Waals surface area contributed by atoms with E-state index in [9.17, 15) is 9.59 Å². The number of amides is 1. The van der Waals surface area contributed by atoms with Crippen LogP contribution in [-0.2, 0) is 20.9 Å². The second-order valence-corrected chi connectivity index (χ2v) is 3.46. The summed E-state index contributed by atoms with van der Waals surface area (Å²) in [7, 11) is 0. The van der Waals surface area contributed by atoms with E-state index in [1.54, 1.807) is 6.92 Å². The Morgan fingerprint density at radius 3 is 2.44 bits per heavy atom. The van der Waals surface area contributed by atoms with Gasteiger partial charge in [0, 0.05) is 0 Å². The first kappa shape index (κ1) is 13.9. The van der Waals surface area contributed by atoms with Crippen molar-refractivity contribution < 1.29 is 19.1 Å². The molecule has 0 heterocycles. The first-order valence-electron chi connectivity index (χ1n) is 5.56. The molecule has 1 aromatic rings. The van der Waals surface area contributed by atoms with Crippen molar-refractivity contribution in [3.8, 4) is 0 Å². The number of nitrogens with zero attached hydrogens (tertiary/aromatic N) is 1. The maximum atomic E-state index is 11.5. The molecule has 0 saturated heterocycles. The largest absolute Gasteiger partial charge is 0.456 e. The molecule has 1 rings (SSSR count). The molecule has 0 aliphatic heterocycles. The molecule has 18 heavy (non-hydrogen) atoms. The summed E-state index contributed by atoms with van der Waals surface area (Å²) in [6.45, 7) is 3.44. The summed E-state index contributed by atoms with van der Waals surface area (Å²) in [5.74, 6) is -0.632. The maximum absolute atomic E-state index is 11.5. The van der Waals surface area contributed by atoms with Crippen LogP contribution in [-0.4, -0.2) is 24.4 Å². The number of esters is 1. The van der Waals surface area contributed by atoms with Gasteiger partial charge in [0.25, 0.3) is 0 Å². The van der Waals surface area contributed by atoms with E-state index in [-0.39, 0.29) is 18.9 Å². The summed E-state index contributed by atoms with van der Waals surface area (Å²) in [6, 6.07) is 9.25. The third kappa shape index (κ3) is 4.78. The highest BCUT2D eigenvalue weighted by Crippen LogP contribution is 2.01. The summed E-state index contributed by atoms with van der Waals surface area (Å²) >= 11 is 0. The Morgan fingerprint density at radius 1 is 1.17 bits per heavy atom. The fraction of sp³-hybridized carbons (Fsp3) is 0.308. The molecule has 5 nitrogen and oxygen atoms in total. The summed E-state index contributed by atoms with van der Waals surface area (Å²) < 4.78 is 9.58. The molecule has 96 valence electrons. The molecule has 0 radical (unpaired) electrons. The van der Waals surface area contributed by atoms with Gasteiger partial charge in [-0.2, -0.15) is 4.99 Å². The van der Waals surface area contributed by atoms with E-state index in [2.05, 4.69) is 9.73 Å². The van der Waals surface area contributed by atoms with E-state index in [0.717, 1.165) is 5.56 Å². The van der Waals surface area contributed by atoms with E-state index in [4.69, 9.17) is 4.74 Å². The van der Waals surface area contributed by atoms with Gasteiger partial charge in [0.1, 0.15) is 12.3 Å². The van der Waals surface area contributed by atoms with Crippen LogP contribution in [0.1, 0.15) is 19.4 Å². The standard InChI is InChI=1S/C13H15NO4/c1-3-17-13(16)14-10(2)12(15)18-9-11-7-5-4-6-8-11/h4-8H,3,9H2,1-2H3. The smallest absolute Gasteiger partial charge is 0.434 e. The van der Waals surface area contributed by atoms with Gasteiger partial charge in [-0.25, -0.2) is 9.59 Å². The topological polar surface area (TPSA) is 65.0 Å². The van der Waals surface area contributed by atoms with Crippen molar-refractivity contribution in [1.82, 2.24) is 0 Å². The van der Waals surface area contributed by atoms with E-state index in [1.807, 2.05) is 30.3 Å². The number of carbonyl (C=O) groups excluding carboxylic acids is 2. The SMILES string of the molecule is CCOC(=O)N=C(C)C(=O)OCc1ccccc1. The van der Waals surface area contributed by atoms with E-state index >= 15 is 0 Å². The Hall–Kier alpha value is -2.17. The van der Waals surface area contributed by atoms with E-state index in [1.165, 1.54) is 6.92 Å². The molecule has 0 saturated carbocycles. The lowest BCUT2D eigenvalue weighted by molar-refractivity contribution is -0.136. The Bertz CT molecular complexity index is 440. The zero-order chi connectivity index (χ0) is 13.4. The third-order valence-corrected chi connectivity index (χ3v) is 2.03. The van der Waals surface area contributed by atoms with Crippen LogP contribution >= 0.6 is 0 Å². The Morgan fingerprint density at radius 2 is 1.83 bits per heavy atom. The average Bonchev–Trinajstić information content (AvgIpc) is 2.37. The number of rotatable bonds is 4. The van der Waals surface area contributed by atoms with Gasteiger partial charge in [0.05, 0.1) is 6.61 Å². The lowest BCUT2D eigenvalue weighted by atomic mass is 10.2. The molecular weight excluding hydrogens is 234 g/mol. The fourth-order valence-corrected chi connectivity index (χ4v) is 1.17. The number of hydrogen-bond acceptors (Lipinski definition) is 4. The number of carbonyl (C=O) groups is 2. The van der Waals surface area contributed by atoms with Gasteiger partial charge in [0.15, 0.2) is 0 Å². The van der Waals surface area contributed by atoms with Crippen molar-refractivity contribution in [3.63, 3.8) is 0 Å². The second kappa shape index (κ2) is 7.21. The van der Waals surface area contributed by atoms with Crippen LogP contribution in [0.5, 0.6) is 0 Å². The molecule has 5 heteroatoms. The highest BCUT2D eigenvalue weighted by molar-refractivity contribution is 6.36. The molecular formula is C13H15NO4. The predicted octanol–water partition coefficient (Wildman–Crippen LogP) is 2.35. The number of aliphatic imine (C=N–C) groups is 1. The lowest BCUT2D eigenvalue weighted by Crippen LogP contribution is -2.16. The molecule has 0 aliphatic carbocycles. The molecule has 0 N–H and O–H groups in total.